The number of nitrogens with one attached hydrogen (secondary N) is 1. The van der Waals surface area contributed by atoms with Crippen LogP contribution in [0.3, 0.4) is 0 Å². The number of benzene rings is 1. The Kier molecular flexibility index (Phi) is 6.91. The van der Waals surface area contributed by atoms with Gasteiger partial charge in [-0.05, 0) is 37.7 Å². The first-order valence-electron chi connectivity index (χ1n) is 10.8. The second kappa shape index (κ2) is 10.00. The summed E-state index contributed by atoms with van der Waals surface area (Å²) in [4.78, 5) is 24.3. The molecule has 0 radical (unpaired) electrons. The molecule has 4 rings (SSSR count). The van der Waals surface area contributed by atoms with Gasteiger partial charge >= 0.3 is 0 Å². The Bertz CT molecular complexity index is 1020. The van der Waals surface area contributed by atoms with E-state index in [1.165, 1.54) is 12.8 Å². The summed E-state index contributed by atoms with van der Waals surface area (Å²) >= 11 is 1.63. The zero-order valence-corrected chi connectivity index (χ0v) is 18.8. The van der Waals surface area contributed by atoms with Crippen molar-refractivity contribution in [3.8, 4) is 5.75 Å². The number of ether oxygens (including phenoxy) is 1. The molecule has 1 fully saturated rings. The molecule has 8 nitrogen and oxygen atoms in total. The van der Waals surface area contributed by atoms with Gasteiger partial charge in [-0.2, -0.15) is 5.10 Å². The van der Waals surface area contributed by atoms with Gasteiger partial charge in [0.15, 0.2) is 16.9 Å². The largest absolute Gasteiger partial charge is 0.481 e. The van der Waals surface area contributed by atoms with E-state index in [0.29, 0.717) is 18.8 Å². The molecule has 0 aliphatic carbocycles. The number of aromatic nitrogens is 4. The highest BCUT2D eigenvalue weighted by Gasteiger charge is 2.21. The van der Waals surface area contributed by atoms with Crippen molar-refractivity contribution in [2.75, 3.05) is 30.3 Å². The number of nitrogens with zero attached hydrogens (tertiary/aromatic N) is 5. The average Bonchev–Trinajstić information content (AvgIpc) is 3.45. The summed E-state index contributed by atoms with van der Waals surface area (Å²) in [6.45, 7) is 6.85. The van der Waals surface area contributed by atoms with Crippen molar-refractivity contribution in [2.45, 2.75) is 44.5 Å². The summed E-state index contributed by atoms with van der Waals surface area (Å²) in [5.41, 5.74) is 0.815. The first-order valence-corrected chi connectivity index (χ1v) is 11.7. The molecule has 31 heavy (non-hydrogen) atoms. The quantitative estimate of drug-likeness (QED) is 0.404. The van der Waals surface area contributed by atoms with Crippen LogP contribution >= 0.6 is 11.8 Å². The smallest absolute Gasteiger partial charge is 0.260 e. The molecule has 1 unspecified atom stereocenters. The minimum absolute atomic E-state index is 0.157. The highest BCUT2D eigenvalue weighted by atomic mass is 32.2. The minimum Gasteiger partial charge on any atom is -0.481 e. The van der Waals surface area contributed by atoms with Gasteiger partial charge in [0.05, 0.1) is 18.1 Å². The predicted molar refractivity (Wildman–Crippen MR) is 123 cm³/mol. The zero-order valence-electron chi connectivity index (χ0n) is 18.0. The minimum atomic E-state index is -0.576. The van der Waals surface area contributed by atoms with Crippen LogP contribution in [-0.4, -0.2) is 57.1 Å². The molecule has 164 valence electrons. The fraction of sp³-hybridized carbons (Fsp3) is 0.455. The van der Waals surface area contributed by atoms with Gasteiger partial charge in [0.25, 0.3) is 5.91 Å². The van der Waals surface area contributed by atoms with E-state index in [2.05, 4.69) is 22.2 Å². The summed E-state index contributed by atoms with van der Waals surface area (Å²) in [6.07, 6.45) is 3.64. The Morgan fingerprint density at radius 2 is 2.00 bits per heavy atom. The number of fused-ring (bicyclic) bond motifs is 1. The molecular formula is C22H28N6O2S. The predicted octanol–water partition coefficient (Wildman–Crippen LogP) is 3.12. The van der Waals surface area contributed by atoms with Crippen LogP contribution in [0.5, 0.6) is 5.75 Å². The molecule has 0 bridgehead atoms. The Hall–Kier alpha value is -2.81. The van der Waals surface area contributed by atoms with E-state index in [9.17, 15) is 4.79 Å². The molecule has 0 spiro atoms. The standard InChI is InChI=1S/C22H28N6O2S/c1-3-31-22-25-19(27-12-7-8-13-27)18-15-24-28(20(18)26-22)14-11-23-21(29)16(2)30-17-9-5-4-6-10-17/h4-6,9-10,15-16H,3,7-8,11-14H2,1-2H3,(H,23,29). The summed E-state index contributed by atoms with van der Waals surface area (Å²) in [7, 11) is 0. The Morgan fingerprint density at radius 1 is 1.23 bits per heavy atom. The molecule has 3 aromatic rings. The SMILES string of the molecule is CCSc1nc(N2CCCC2)c2cnn(CCNC(=O)C(C)Oc3ccccc3)c2n1. The monoisotopic (exact) mass is 440 g/mol. The third-order valence-electron chi connectivity index (χ3n) is 5.18. The van der Waals surface area contributed by atoms with Crippen molar-refractivity contribution in [3.63, 3.8) is 0 Å². The Morgan fingerprint density at radius 3 is 2.74 bits per heavy atom. The van der Waals surface area contributed by atoms with Gasteiger partial charge in [-0.25, -0.2) is 14.6 Å². The van der Waals surface area contributed by atoms with Crippen LogP contribution in [0.15, 0.2) is 41.7 Å². The van der Waals surface area contributed by atoms with E-state index >= 15 is 0 Å². The van der Waals surface area contributed by atoms with E-state index in [0.717, 1.165) is 40.9 Å². The molecule has 2 aromatic heterocycles. The van der Waals surface area contributed by atoms with Crippen molar-refractivity contribution in [1.82, 2.24) is 25.1 Å². The highest BCUT2D eigenvalue weighted by Crippen LogP contribution is 2.29. The molecule has 0 saturated carbocycles. The first-order chi connectivity index (χ1) is 15.2. The van der Waals surface area contributed by atoms with E-state index in [1.807, 2.05) is 41.2 Å². The summed E-state index contributed by atoms with van der Waals surface area (Å²) < 4.78 is 7.53. The topological polar surface area (TPSA) is 85.2 Å². The Balaban J connectivity index is 1.43. The van der Waals surface area contributed by atoms with Gasteiger partial charge in [0.2, 0.25) is 0 Å². The lowest BCUT2D eigenvalue weighted by Gasteiger charge is -2.18. The fourth-order valence-electron chi connectivity index (χ4n) is 3.63. The Labute approximate surface area is 186 Å². The first kappa shape index (κ1) is 21.4. The summed E-state index contributed by atoms with van der Waals surface area (Å²) in [5.74, 6) is 2.40. The molecule has 1 amide bonds. The molecule has 1 aromatic carbocycles. The van der Waals surface area contributed by atoms with Gasteiger partial charge in [0, 0.05) is 19.6 Å². The van der Waals surface area contributed by atoms with E-state index in [-0.39, 0.29) is 5.91 Å². The van der Waals surface area contributed by atoms with Crippen molar-refractivity contribution in [3.05, 3.63) is 36.5 Å². The molecule has 1 atom stereocenters. The molecular weight excluding hydrogens is 412 g/mol. The number of rotatable bonds is 9. The second-order valence-corrected chi connectivity index (χ2v) is 8.66. The van der Waals surface area contributed by atoms with E-state index in [4.69, 9.17) is 14.7 Å². The van der Waals surface area contributed by atoms with Gasteiger partial charge < -0.3 is 15.0 Å². The molecule has 1 saturated heterocycles. The maximum atomic E-state index is 12.4. The lowest BCUT2D eigenvalue weighted by Crippen LogP contribution is -2.38. The number of thioether (sulfide) groups is 1. The van der Waals surface area contributed by atoms with Crippen LogP contribution in [0.1, 0.15) is 26.7 Å². The third kappa shape index (κ3) is 5.10. The highest BCUT2D eigenvalue weighted by molar-refractivity contribution is 7.99. The number of hydrogen-bond acceptors (Lipinski definition) is 7. The van der Waals surface area contributed by atoms with Gasteiger partial charge in [-0.3, -0.25) is 4.79 Å². The third-order valence-corrected chi connectivity index (χ3v) is 5.91. The maximum absolute atomic E-state index is 12.4. The summed E-state index contributed by atoms with van der Waals surface area (Å²) in [5, 5.41) is 9.20. The number of carbonyl (C=O) groups excluding carboxylic acids is 1. The van der Waals surface area contributed by atoms with Crippen molar-refractivity contribution >= 4 is 34.5 Å². The van der Waals surface area contributed by atoms with Crippen LogP contribution in [0.4, 0.5) is 5.82 Å². The lowest BCUT2D eigenvalue weighted by atomic mass is 10.3. The van der Waals surface area contributed by atoms with Crippen LogP contribution in [-0.2, 0) is 11.3 Å². The number of carbonyl (C=O) groups is 1. The molecule has 1 aliphatic heterocycles. The normalized spacial score (nSPS) is 14.7. The average molecular weight is 441 g/mol. The molecule has 3 heterocycles. The molecule has 1 N–H and O–H groups in total. The van der Waals surface area contributed by atoms with Gasteiger partial charge in [-0.1, -0.05) is 36.9 Å². The lowest BCUT2D eigenvalue weighted by molar-refractivity contribution is -0.127. The molecule has 1 aliphatic rings. The number of anilines is 1. The summed E-state index contributed by atoms with van der Waals surface area (Å²) in [6, 6.07) is 9.35. The maximum Gasteiger partial charge on any atom is 0.260 e. The van der Waals surface area contributed by atoms with Crippen molar-refractivity contribution in [2.24, 2.45) is 0 Å². The van der Waals surface area contributed by atoms with E-state index < -0.39 is 6.10 Å². The van der Waals surface area contributed by atoms with Gasteiger partial charge in [-0.15, -0.1) is 0 Å². The van der Waals surface area contributed by atoms with Gasteiger partial charge in [0.1, 0.15) is 11.6 Å². The fourth-order valence-corrected chi connectivity index (χ4v) is 4.19. The van der Waals surface area contributed by atoms with Crippen molar-refractivity contribution in [1.29, 1.82) is 0 Å². The molecule has 9 heteroatoms. The number of para-hydroxylation sites is 1. The number of hydrogen-bond donors (Lipinski definition) is 1. The zero-order chi connectivity index (χ0) is 21.6. The van der Waals surface area contributed by atoms with E-state index in [1.54, 1.807) is 18.7 Å². The second-order valence-electron chi connectivity index (χ2n) is 7.43. The number of amides is 1. The van der Waals surface area contributed by atoms with Crippen molar-refractivity contribution < 1.29 is 9.53 Å². The van der Waals surface area contributed by atoms with Crippen LogP contribution < -0.4 is 15.0 Å². The van der Waals surface area contributed by atoms with Crippen LogP contribution in [0, 0.1) is 0 Å². The van der Waals surface area contributed by atoms with Crippen LogP contribution in [0.2, 0.25) is 0 Å². The van der Waals surface area contributed by atoms with Crippen LogP contribution in [0.25, 0.3) is 11.0 Å².